The summed E-state index contributed by atoms with van der Waals surface area (Å²) in [5.41, 5.74) is 5.38. The van der Waals surface area contributed by atoms with Crippen LogP contribution in [-0.2, 0) is 9.53 Å². The Morgan fingerprint density at radius 1 is 1.50 bits per heavy atom. The van der Waals surface area contributed by atoms with E-state index in [0.717, 1.165) is 25.7 Å². The SMILES string of the molecule is CCCC(C)(N)C(=O)C1CCOCC1. The Hall–Kier alpha value is -0.410. The number of hydrogen-bond acceptors (Lipinski definition) is 3. The van der Waals surface area contributed by atoms with Crippen molar-refractivity contribution in [3.05, 3.63) is 0 Å². The zero-order valence-electron chi connectivity index (χ0n) is 9.21. The molecule has 0 spiro atoms. The standard InChI is InChI=1S/C11H21NO2/c1-3-6-11(2,12)10(13)9-4-7-14-8-5-9/h9H,3-8,12H2,1-2H3. The van der Waals surface area contributed by atoms with E-state index in [9.17, 15) is 4.79 Å². The molecule has 1 atom stereocenters. The minimum atomic E-state index is -0.628. The van der Waals surface area contributed by atoms with Gasteiger partial charge in [0.2, 0.25) is 0 Å². The molecule has 0 aromatic carbocycles. The molecule has 1 rings (SSSR count). The Balaban J connectivity index is 2.53. The molecule has 0 aliphatic carbocycles. The molecule has 3 heteroatoms. The molecule has 1 unspecified atom stereocenters. The number of carbonyl (C=O) groups is 1. The van der Waals surface area contributed by atoms with Crippen LogP contribution >= 0.6 is 0 Å². The van der Waals surface area contributed by atoms with Crippen LogP contribution in [0.4, 0.5) is 0 Å². The van der Waals surface area contributed by atoms with Crippen molar-refractivity contribution >= 4 is 5.78 Å². The molecule has 0 aromatic heterocycles. The summed E-state index contributed by atoms with van der Waals surface area (Å²) in [6.07, 6.45) is 3.43. The summed E-state index contributed by atoms with van der Waals surface area (Å²) in [4.78, 5) is 12.0. The Morgan fingerprint density at radius 3 is 2.57 bits per heavy atom. The molecule has 1 heterocycles. The lowest BCUT2D eigenvalue weighted by Crippen LogP contribution is -2.49. The fraction of sp³-hybridized carbons (Fsp3) is 0.909. The molecular weight excluding hydrogens is 178 g/mol. The first-order valence-electron chi connectivity index (χ1n) is 5.49. The van der Waals surface area contributed by atoms with E-state index in [2.05, 4.69) is 6.92 Å². The van der Waals surface area contributed by atoms with E-state index < -0.39 is 5.54 Å². The highest BCUT2D eigenvalue weighted by atomic mass is 16.5. The normalized spacial score (nSPS) is 23.1. The van der Waals surface area contributed by atoms with Gasteiger partial charge in [0.15, 0.2) is 5.78 Å². The molecule has 1 fully saturated rings. The molecular formula is C11H21NO2. The number of Topliss-reactive ketones (excluding diaryl/α,β-unsaturated/α-hetero) is 1. The molecule has 0 bridgehead atoms. The molecule has 1 saturated heterocycles. The second-order valence-electron chi connectivity index (χ2n) is 4.42. The molecule has 0 amide bonds. The van der Waals surface area contributed by atoms with Crippen LogP contribution < -0.4 is 5.73 Å². The van der Waals surface area contributed by atoms with Crippen molar-refractivity contribution in [2.24, 2.45) is 11.7 Å². The number of hydrogen-bond donors (Lipinski definition) is 1. The average molecular weight is 199 g/mol. The summed E-state index contributed by atoms with van der Waals surface area (Å²) in [6, 6.07) is 0. The zero-order valence-corrected chi connectivity index (χ0v) is 9.21. The van der Waals surface area contributed by atoms with Crippen LogP contribution in [0.1, 0.15) is 39.5 Å². The van der Waals surface area contributed by atoms with Gasteiger partial charge in [-0.05, 0) is 26.2 Å². The lowest BCUT2D eigenvalue weighted by atomic mass is 9.81. The summed E-state index contributed by atoms with van der Waals surface area (Å²) in [6.45, 7) is 5.33. The highest BCUT2D eigenvalue weighted by Crippen LogP contribution is 2.23. The second kappa shape index (κ2) is 4.89. The molecule has 1 aliphatic heterocycles. The van der Waals surface area contributed by atoms with E-state index in [1.165, 1.54) is 0 Å². The largest absolute Gasteiger partial charge is 0.381 e. The molecule has 0 radical (unpaired) electrons. The van der Waals surface area contributed by atoms with E-state index in [1.54, 1.807) is 0 Å². The van der Waals surface area contributed by atoms with Crippen molar-refractivity contribution in [3.63, 3.8) is 0 Å². The van der Waals surface area contributed by atoms with Gasteiger partial charge in [-0.1, -0.05) is 13.3 Å². The zero-order chi connectivity index (χ0) is 10.6. The Labute approximate surface area is 86.0 Å². The molecule has 0 aromatic rings. The number of rotatable bonds is 4. The molecule has 0 saturated carbocycles. The monoisotopic (exact) mass is 199 g/mol. The summed E-state index contributed by atoms with van der Waals surface area (Å²) in [5.74, 6) is 0.355. The first-order valence-corrected chi connectivity index (χ1v) is 5.49. The number of ketones is 1. The summed E-state index contributed by atoms with van der Waals surface area (Å²) < 4.78 is 5.23. The Kier molecular flexibility index (Phi) is 4.08. The maximum absolute atomic E-state index is 12.0. The van der Waals surface area contributed by atoms with Crippen molar-refractivity contribution in [2.45, 2.75) is 45.1 Å². The quantitative estimate of drug-likeness (QED) is 0.746. The van der Waals surface area contributed by atoms with Crippen molar-refractivity contribution in [1.82, 2.24) is 0 Å². The Bertz CT molecular complexity index is 195. The number of nitrogens with two attached hydrogens (primary N) is 1. The predicted molar refractivity (Wildman–Crippen MR) is 56.1 cm³/mol. The van der Waals surface area contributed by atoms with Crippen LogP contribution in [-0.4, -0.2) is 24.5 Å². The number of ether oxygens (including phenoxy) is 1. The van der Waals surface area contributed by atoms with Crippen LogP contribution in [0.15, 0.2) is 0 Å². The molecule has 82 valence electrons. The highest BCUT2D eigenvalue weighted by Gasteiger charge is 2.34. The van der Waals surface area contributed by atoms with Crippen molar-refractivity contribution < 1.29 is 9.53 Å². The van der Waals surface area contributed by atoms with E-state index in [1.807, 2.05) is 6.92 Å². The first-order chi connectivity index (χ1) is 6.58. The van der Waals surface area contributed by atoms with Gasteiger partial charge in [-0.2, -0.15) is 0 Å². The maximum atomic E-state index is 12.0. The molecule has 1 aliphatic rings. The van der Waals surface area contributed by atoms with Crippen LogP contribution in [0.2, 0.25) is 0 Å². The van der Waals surface area contributed by atoms with Gasteiger partial charge >= 0.3 is 0 Å². The van der Waals surface area contributed by atoms with Gasteiger partial charge in [-0.15, -0.1) is 0 Å². The number of carbonyl (C=O) groups excluding carboxylic acids is 1. The lowest BCUT2D eigenvalue weighted by molar-refractivity contribution is -0.130. The third-order valence-electron chi connectivity index (χ3n) is 2.92. The average Bonchev–Trinajstić information content (AvgIpc) is 2.18. The predicted octanol–water partition coefficient (Wildman–Crippen LogP) is 1.50. The van der Waals surface area contributed by atoms with Gasteiger partial charge in [-0.25, -0.2) is 0 Å². The van der Waals surface area contributed by atoms with Gasteiger partial charge in [0.25, 0.3) is 0 Å². The van der Waals surface area contributed by atoms with Crippen LogP contribution in [0.5, 0.6) is 0 Å². The third kappa shape index (κ3) is 2.79. The minimum absolute atomic E-state index is 0.130. The van der Waals surface area contributed by atoms with Gasteiger partial charge in [0.1, 0.15) is 0 Å². The first kappa shape index (κ1) is 11.7. The van der Waals surface area contributed by atoms with E-state index in [4.69, 9.17) is 10.5 Å². The fourth-order valence-electron chi connectivity index (χ4n) is 2.07. The van der Waals surface area contributed by atoms with Crippen LogP contribution in [0.3, 0.4) is 0 Å². The van der Waals surface area contributed by atoms with E-state index in [0.29, 0.717) is 13.2 Å². The maximum Gasteiger partial charge on any atom is 0.155 e. The topological polar surface area (TPSA) is 52.3 Å². The highest BCUT2D eigenvalue weighted by molar-refractivity contribution is 5.89. The van der Waals surface area contributed by atoms with Gasteiger partial charge in [0.05, 0.1) is 5.54 Å². The van der Waals surface area contributed by atoms with Gasteiger partial charge in [-0.3, -0.25) is 4.79 Å². The molecule has 3 nitrogen and oxygen atoms in total. The third-order valence-corrected chi connectivity index (χ3v) is 2.92. The lowest BCUT2D eigenvalue weighted by Gasteiger charge is -2.30. The minimum Gasteiger partial charge on any atom is -0.381 e. The van der Waals surface area contributed by atoms with Crippen LogP contribution in [0.25, 0.3) is 0 Å². The van der Waals surface area contributed by atoms with Crippen molar-refractivity contribution in [2.75, 3.05) is 13.2 Å². The summed E-state index contributed by atoms with van der Waals surface area (Å²) in [7, 11) is 0. The van der Waals surface area contributed by atoms with E-state index >= 15 is 0 Å². The van der Waals surface area contributed by atoms with E-state index in [-0.39, 0.29) is 11.7 Å². The van der Waals surface area contributed by atoms with Crippen molar-refractivity contribution in [1.29, 1.82) is 0 Å². The molecule has 2 N–H and O–H groups in total. The van der Waals surface area contributed by atoms with Gasteiger partial charge < -0.3 is 10.5 Å². The molecule has 14 heavy (non-hydrogen) atoms. The summed E-state index contributed by atoms with van der Waals surface area (Å²) in [5, 5.41) is 0. The Morgan fingerprint density at radius 2 is 2.07 bits per heavy atom. The second-order valence-corrected chi connectivity index (χ2v) is 4.42. The van der Waals surface area contributed by atoms with Crippen molar-refractivity contribution in [3.8, 4) is 0 Å². The fourth-order valence-corrected chi connectivity index (χ4v) is 2.07. The summed E-state index contributed by atoms with van der Waals surface area (Å²) >= 11 is 0. The van der Waals surface area contributed by atoms with Crippen LogP contribution in [0, 0.1) is 5.92 Å². The smallest absolute Gasteiger partial charge is 0.155 e. The van der Waals surface area contributed by atoms with Gasteiger partial charge in [0, 0.05) is 19.1 Å².